The summed E-state index contributed by atoms with van der Waals surface area (Å²) in [6.45, 7) is 2.19. The van der Waals surface area contributed by atoms with Gasteiger partial charge < -0.3 is 0 Å². The zero-order valence-corrected chi connectivity index (χ0v) is 16.9. The van der Waals surface area contributed by atoms with Gasteiger partial charge in [-0.2, -0.15) is 0 Å². The van der Waals surface area contributed by atoms with Gasteiger partial charge in [0, 0.05) is 17.7 Å². The van der Waals surface area contributed by atoms with E-state index in [0.717, 1.165) is 11.3 Å². The topological polar surface area (TPSA) is 101 Å². The number of imide groups is 2. The zero-order valence-electron chi connectivity index (χ0n) is 16.9. The number of amides is 4. The number of benzene rings is 2. The number of hydrogen-bond donors (Lipinski definition) is 1. The molecule has 2 aromatic carbocycles. The Morgan fingerprint density at radius 1 is 0.903 bits per heavy atom. The van der Waals surface area contributed by atoms with E-state index >= 15 is 0 Å². The number of nitrogens with zero attached hydrogens (tertiary/aromatic N) is 1. The largest absolute Gasteiger partial charge is 0.330 e. The number of nitrogens with one attached hydrogen (secondary N) is 1. The summed E-state index contributed by atoms with van der Waals surface area (Å²) < 4.78 is 0. The SMILES string of the molecule is CCCCN1C(=O)NC(=O)C(c2ccc(C=C3C(=O)c4ccccc4C3=O)cc2)C1=O. The molecule has 0 spiro atoms. The van der Waals surface area contributed by atoms with Crippen LogP contribution in [0, 0.1) is 0 Å². The summed E-state index contributed by atoms with van der Waals surface area (Å²) in [5.41, 5.74) is 1.88. The minimum atomic E-state index is -1.12. The van der Waals surface area contributed by atoms with E-state index in [1.807, 2.05) is 6.92 Å². The molecule has 4 rings (SSSR count). The van der Waals surface area contributed by atoms with Crippen molar-refractivity contribution in [2.45, 2.75) is 25.7 Å². The van der Waals surface area contributed by atoms with Crippen LogP contribution in [0.3, 0.4) is 0 Å². The highest BCUT2D eigenvalue weighted by Crippen LogP contribution is 2.29. The molecule has 1 saturated heterocycles. The minimum absolute atomic E-state index is 0.0803. The molecule has 2 aliphatic rings. The van der Waals surface area contributed by atoms with Gasteiger partial charge in [0.25, 0.3) is 0 Å². The lowest BCUT2D eigenvalue weighted by Crippen LogP contribution is -2.56. The second-order valence-electron chi connectivity index (χ2n) is 7.50. The molecule has 1 heterocycles. The first-order valence-corrected chi connectivity index (χ1v) is 10.1. The van der Waals surface area contributed by atoms with E-state index in [1.54, 1.807) is 48.5 Å². The molecule has 7 heteroatoms. The number of carbonyl (C=O) groups excluding carboxylic acids is 5. The Balaban J connectivity index is 1.59. The van der Waals surface area contributed by atoms with E-state index in [-0.39, 0.29) is 23.7 Å². The van der Waals surface area contributed by atoms with Crippen LogP contribution in [-0.2, 0) is 9.59 Å². The highest BCUT2D eigenvalue weighted by Gasteiger charge is 2.41. The van der Waals surface area contributed by atoms with Crippen molar-refractivity contribution in [3.05, 3.63) is 76.4 Å². The molecule has 31 heavy (non-hydrogen) atoms. The van der Waals surface area contributed by atoms with Crippen molar-refractivity contribution in [2.24, 2.45) is 0 Å². The molecule has 0 saturated carbocycles. The summed E-state index contributed by atoms with van der Waals surface area (Å²) in [4.78, 5) is 63.3. The van der Waals surface area contributed by atoms with Crippen molar-refractivity contribution in [2.75, 3.05) is 6.54 Å². The third-order valence-corrected chi connectivity index (χ3v) is 5.47. The van der Waals surface area contributed by atoms with Gasteiger partial charge in [-0.25, -0.2) is 4.79 Å². The lowest BCUT2D eigenvalue weighted by Gasteiger charge is -2.30. The maximum absolute atomic E-state index is 12.8. The second kappa shape index (κ2) is 8.10. The fourth-order valence-electron chi connectivity index (χ4n) is 3.79. The van der Waals surface area contributed by atoms with Gasteiger partial charge in [0.2, 0.25) is 11.8 Å². The van der Waals surface area contributed by atoms with Crippen LogP contribution in [0.25, 0.3) is 6.08 Å². The number of fused-ring (bicyclic) bond motifs is 1. The molecule has 0 radical (unpaired) electrons. The number of rotatable bonds is 5. The second-order valence-corrected chi connectivity index (χ2v) is 7.50. The highest BCUT2D eigenvalue weighted by atomic mass is 16.2. The van der Waals surface area contributed by atoms with E-state index in [1.165, 1.54) is 6.08 Å². The average Bonchev–Trinajstić information content (AvgIpc) is 3.00. The van der Waals surface area contributed by atoms with Gasteiger partial charge in [-0.3, -0.25) is 29.4 Å². The molecule has 2 aromatic rings. The van der Waals surface area contributed by atoms with Gasteiger partial charge in [-0.15, -0.1) is 0 Å². The van der Waals surface area contributed by atoms with E-state index in [9.17, 15) is 24.0 Å². The van der Waals surface area contributed by atoms with Crippen LogP contribution in [0.4, 0.5) is 4.79 Å². The van der Waals surface area contributed by atoms with Gasteiger partial charge in [-0.1, -0.05) is 61.9 Å². The Bertz CT molecular complexity index is 1110. The molecule has 1 unspecified atom stereocenters. The van der Waals surface area contributed by atoms with Crippen LogP contribution >= 0.6 is 0 Å². The molecular formula is C24H20N2O5. The Kier molecular flexibility index (Phi) is 5.33. The van der Waals surface area contributed by atoms with Crippen LogP contribution in [0.1, 0.15) is 57.5 Å². The average molecular weight is 416 g/mol. The summed E-state index contributed by atoms with van der Waals surface area (Å²) >= 11 is 0. The Morgan fingerprint density at radius 2 is 1.52 bits per heavy atom. The van der Waals surface area contributed by atoms with Crippen molar-refractivity contribution in [3.63, 3.8) is 0 Å². The number of unbranched alkanes of at least 4 members (excludes halogenated alkanes) is 1. The summed E-state index contributed by atoms with van der Waals surface area (Å²) in [6, 6.07) is 12.4. The van der Waals surface area contributed by atoms with Crippen molar-refractivity contribution in [3.8, 4) is 0 Å². The maximum atomic E-state index is 12.8. The first kappa shape index (κ1) is 20.4. The Morgan fingerprint density at radius 3 is 2.10 bits per heavy atom. The third-order valence-electron chi connectivity index (χ3n) is 5.47. The standard InChI is InChI=1S/C24H20N2O5/c1-2-3-12-26-23(30)19(22(29)25-24(26)31)15-10-8-14(9-11-15)13-18-20(27)16-6-4-5-7-17(16)21(18)28/h4-11,13,19H,2-3,12H2,1H3,(H,25,29,31). The lowest BCUT2D eigenvalue weighted by atomic mass is 9.93. The van der Waals surface area contributed by atoms with Crippen LogP contribution in [0.15, 0.2) is 54.1 Å². The first-order chi connectivity index (χ1) is 14.9. The number of carbonyl (C=O) groups is 5. The summed E-state index contributed by atoms with van der Waals surface area (Å²) in [7, 11) is 0. The van der Waals surface area contributed by atoms with E-state index in [0.29, 0.717) is 28.7 Å². The molecule has 4 amide bonds. The predicted octanol–water partition coefficient (Wildman–Crippen LogP) is 3.11. The van der Waals surface area contributed by atoms with Crippen molar-refractivity contribution < 1.29 is 24.0 Å². The van der Waals surface area contributed by atoms with Gasteiger partial charge >= 0.3 is 6.03 Å². The van der Waals surface area contributed by atoms with Crippen molar-refractivity contribution >= 4 is 35.5 Å². The molecule has 1 atom stereocenters. The molecule has 1 aliphatic heterocycles. The summed E-state index contributed by atoms with van der Waals surface area (Å²) in [5, 5.41) is 2.24. The number of ketones is 2. The molecule has 0 aromatic heterocycles. The Hall–Kier alpha value is -3.87. The van der Waals surface area contributed by atoms with Gasteiger partial charge in [0.1, 0.15) is 5.92 Å². The summed E-state index contributed by atoms with van der Waals surface area (Å²) in [5.74, 6) is -2.97. The van der Waals surface area contributed by atoms with E-state index in [4.69, 9.17) is 0 Å². The molecule has 1 N–H and O–H groups in total. The number of Topliss-reactive ketones (excluding diaryl/α,β-unsaturated/α-hetero) is 2. The normalized spacial score (nSPS) is 18.4. The number of hydrogen-bond acceptors (Lipinski definition) is 5. The first-order valence-electron chi connectivity index (χ1n) is 10.1. The molecular weight excluding hydrogens is 396 g/mol. The number of barbiturate groups is 1. The highest BCUT2D eigenvalue weighted by molar-refractivity contribution is 6.41. The fourth-order valence-corrected chi connectivity index (χ4v) is 3.79. The molecule has 1 fully saturated rings. The molecule has 0 bridgehead atoms. The van der Waals surface area contributed by atoms with E-state index < -0.39 is 23.8 Å². The predicted molar refractivity (Wildman–Crippen MR) is 112 cm³/mol. The van der Waals surface area contributed by atoms with Crippen LogP contribution in [0.5, 0.6) is 0 Å². The van der Waals surface area contributed by atoms with Crippen LogP contribution in [0.2, 0.25) is 0 Å². The fraction of sp³-hybridized carbons (Fsp3) is 0.208. The van der Waals surface area contributed by atoms with Crippen molar-refractivity contribution in [1.29, 1.82) is 0 Å². The molecule has 156 valence electrons. The zero-order chi connectivity index (χ0) is 22.1. The van der Waals surface area contributed by atoms with Gasteiger partial charge in [0.05, 0.1) is 5.57 Å². The lowest BCUT2D eigenvalue weighted by molar-refractivity contribution is -0.138. The van der Waals surface area contributed by atoms with E-state index in [2.05, 4.69) is 5.32 Å². The minimum Gasteiger partial charge on any atom is -0.288 e. The van der Waals surface area contributed by atoms with Crippen LogP contribution in [-0.4, -0.2) is 40.9 Å². The van der Waals surface area contributed by atoms with Gasteiger partial charge in [-0.05, 0) is 23.6 Å². The van der Waals surface area contributed by atoms with Crippen molar-refractivity contribution in [1.82, 2.24) is 10.2 Å². The Labute approximate surface area is 178 Å². The monoisotopic (exact) mass is 416 g/mol. The quantitative estimate of drug-likeness (QED) is 0.459. The summed E-state index contributed by atoms with van der Waals surface area (Å²) in [6.07, 6.45) is 2.96. The van der Waals surface area contributed by atoms with Gasteiger partial charge in [0.15, 0.2) is 11.6 Å². The molecule has 7 nitrogen and oxygen atoms in total. The maximum Gasteiger partial charge on any atom is 0.330 e. The molecule has 1 aliphatic carbocycles. The van der Waals surface area contributed by atoms with Crippen LogP contribution < -0.4 is 5.32 Å². The number of urea groups is 1. The smallest absolute Gasteiger partial charge is 0.288 e. The number of allylic oxidation sites excluding steroid dienone is 1. The third kappa shape index (κ3) is 3.59.